The maximum absolute atomic E-state index is 11.8. The van der Waals surface area contributed by atoms with Crippen molar-refractivity contribution in [1.82, 2.24) is 15.2 Å². The van der Waals surface area contributed by atoms with Crippen LogP contribution >= 0.6 is 0 Å². The lowest BCUT2D eigenvalue weighted by atomic mass is 10.1. The summed E-state index contributed by atoms with van der Waals surface area (Å²) in [6.07, 6.45) is 2.92. The van der Waals surface area contributed by atoms with Gasteiger partial charge in [0.1, 0.15) is 5.69 Å². The number of hydrogen-bond donors (Lipinski definition) is 2. The Bertz CT molecular complexity index is 475. The Labute approximate surface area is 127 Å². The Kier molecular flexibility index (Phi) is 5.56. The monoisotopic (exact) mass is 290 g/mol. The van der Waals surface area contributed by atoms with Crippen LogP contribution in [0.3, 0.4) is 0 Å². The highest BCUT2D eigenvalue weighted by atomic mass is 16.1. The highest BCUT2D eigenvalue weighted by Crippen LogP contribution is 2.19. The van der Waals surface area contributed by atoms with Crippen molar-refractivity contribution >= 4 is 11.6 Å². The lowest BCUT2D eigenvalue weighted by molar-refractivity contribution is 0.0951. The molecule has 2 N–H and O–H groups in total. The predicted molar refractivity (Wildman–Crippen MR) is 85.5 cm³/mol. The molecule has 1 fully saturated rings. The minimum absolute atomic E-state index is 0.118. The van der Waals surface area contributed by atoms with E-state index in [1.165, 1.54) is 13.0 Å². The average Bonchev–Trinajstić information content (AvgIpc) is 2.95. The molecule has 1 amide bonds. The van der Waals surface area contributed by atoms with Crippen LogP contribution in [0.2, 0.25) is 0 Å². The first kappa shape index (κ1) is 15.8. The third-order valence-electron chi connectivity index (χ3n) is 3.97. The minimum atomic E-state index is -0.118. The topological polar surface area (TPSA) is 57.3 Å². The second-order valence-corrected chi connectivity index (χ2v) is 5.91. The number of carbonyl (C=O) groups excluding carboxylic acids is 1. The Morgan fingerprint density at radius 2 is 2.33 bits per heavy atom. The molecule has 5 nitrogen and oxygen atoms in total. The van der Waals surface area contributed by atoms with Crippen LogP contribution in [0.25, 0.3) is 0 Å². The standard InChI is InChI=1S/C16H26N4O/c1-4-17-16(21)15-9-14(5-7-18-15)19-10-13-6-8-20(11-13)12(2)3/h5,7,9,12-13H,4,6,8,10-11H2,1-3H3,(H,17,21)(H,18,19). The van der Waals surface area contributed by atoms with Crippen molar-refractivity contribution < 1.29 is 4.79 Å². The summed E-state index contributed by atoms with van der Waals surface area (Å²) in [5.74, 6) is 0.557. The molecular weight excluding hydrogens is 264 g/mol. The lowest BCUT2D eigenvalue weighted by Gasteiger charge is -2.20. The molecule has 116 valence electrons. The molecule has 0 spiro atoms. The van der Waals surface area contributed by atoms with E-state index in [2.05, 4.69) is 34.4 Å². The fourth-order valence-electron chi connectivity index (χ4n) is 2.68. The van der Waals surface area contributed by atoms with Gasteiger partial charge in [-0.2, -0.15) is 0 Å². The summed E-state index contributed by atoms with van der Waals surface area (Å²) >= 11 is 0. The van der Waals surface area contributed by atoms with E-state index in [-0.39, 0.29) is 5.91 Å². The predicted octanol–water partition coefficient (Wildman–Crippen LogP) is 1.97. The largest absolute Gasteiger partial charge is 0.385 e. The first-order valence-corrected chi connectivity index (χ1v) is 7.82. The molecule has 0 saturated carbocycles. The second kappa shape index (κ2) is 7.41. The fourth-order valence-corrected chi connectivity index (χ4v) is 2.68. The number of pyridine rings is 1. The van der Waals surface area contributed by atoms with Crippen molar-refractivity contribution in [1.29, 1.82) is 0 Å². The molecule has 1 aliphatic heterocycles. The highest BCUT2D eigenvalue weighted by molar-refractivity contribution is 5.93. The van der Waals surface area contributed by atoms with Gasteiger partial charge in [0, 0.05) is 37.6 Å². The van der Waals surface area contributed by atoms with E-state index >= 15 is 0 Å². The van der Waals surface area contributed by atoms with Gasteiger partial charge in [-0.15, -0.1) is 0 Å². The van der Waals surface area contributed by atoms with Gasteiger partial charge in [-0.25, -0.2) is 0 Å². The van der Waals surface area contributed by atoms with Gasteiger partial charge in [0.2, 0.25) is 0 Å². The number of carbonyl (C=O) groups is 1. The summed E-state index contributed by atoms with van der Waals surface area (Å²) < 4.78 is 0. The van der Waals surface area contributed by atoms with Gasteiger partial charge < -0.3 is 15.5 Å². The maximum Gasteiger partial charge on any atom is 0.269 e. The zero-order chi connectivity index (χ0) is 15.2. The zero-order valence-electron chi connectivity index (χ0n) is 13.2. The van der Waals surface area contributed by atoms with Crippen molar-refractivity contribution in [2.75, 3.05) is 31.5 Å². The fraction of sp³-hybridized carbons (Fsp3) is 0.625. The molecule has 5 heteroatoms. The smallest absolute Gasteiger partial charge is 0.269 e. The van der Waals surface area contributed by atoms with E-state index in [0.717, 1.165) is 18.8 Å². The Balaban J connectivity index is 1.86. The van der Waals surface area contributed by atoms with Crippen LogP contribution in [-0.2, 0) is 0 Å². The van der Waals surface area contributed by atoms with Crippen LogP contribution in [0.15, 0.2) is 18.3 Å². The molecule has 21 heavy (non-hydrogen) atoms. The van der Waals surface area contributed by atoms with Gasteiger partial charge in [-0.3, -0.25) is 9.78 Å². The Morgan fingerprint density at radius 1 is 1.52 bits per heavy atom. The number of nitrogens with one attached hydrogen (secondary N) is 2. The van der Waals surface area contributed by atoms with E-state index in [1.54, 1.807) is 6.20 Å². The average molecular weight is 290 g/mol. The Morgan fingerprint density at radius 3 is 3.00 bits per heavy atom. The molecule has 0 aromatic carbocycles. The quantitative estimate of drug-likeness (QED) is 0.841. The molecule has 1 aromatic heterocycles. The number of rotatable bonds is 6. The van der Waals surface area contributed by atoms with Crippen LogP contribution in [-0.4, -0.2) is 48.0 Å². The van der Waals surface area contributed by atoms with Crippen molar-refractivity contribution in [3.05, 3.63) is 24.0 Å². The number of aromatic nitrogens is 1. The number of amides is 1. The molecule has 1 aliphatic rings. The summed E-state index contributed by atoms with van der Waals surface area (Å²) in [5, 5.41) is 6.21. The SMILES string of the molecule is CCNC(=O)c1cc(NCC2CCN(C(C)C)C2)ccn1. The van der Waals surface area contributed by atoms with Crippen LogP contribution in [0.5, 0.6) is 0 Å². The normalized spacial score (nSPS) is 19.0. The minimum Gasteiger partial charge on any atom is -0.385 e. The molecule has 1 saturated heterocycles. The third-order valence-corrected chi connectivity index (χ3v) is 3.97. The molecule has 0 aliphatic carbocycles. The molecule has 1 aromatic rings. The molecule has 1 unspecified atom stereocenters. The van der Waals surface area contributed by atoms with Crippen molar-refractivity contribution in [3.8, 4) is 0 Å². The summed E-state index contributed by atoms with van der Waals surface area (Å²) in [7, 11) is 0. The molecule has 0 radical (unpaired) electrons. The summed E-state index contributed by atoms with van der Waals surface area (Å²) in [4.78, 5) is 18.4. The van der Waals surface area contributed by atoms with Gasteiger partial charge in [-0.05, 0) is 51.8 Å². The van der Waals surface area contributed by atoms with Crippen LogP contribution < -0.4 is 10.6 Å². The number of nitrogens with zero attached hydrogens (tertiary/aromatic N) is 2. The Hall–Kier alpha value is -1.62. The number of hydrogen-bond acceptors (Lipinski definition) is 4. The number of anilines is 1. The summed E-state index contributed by atoms with van der Waals surface area (Å²) in [6.45, 7) is 10.3. The van der Waals surface area contributed by atoms with E-state index in [1.807, 2.05) is 19.1 Å². The van der Waals surface area contributed by atoms with Gasteiger partial charge in [0.25, 0.3) is 5.91 Å². The molecule has 2 rings (SSSR count). The maximum atomic E-state index is 11.8. The lowest BCUT2D eigenvalue weighted by Crippen LogP contribution is -2.29. The van der Waals surface area contributed by atoms with Crippen LogP contribution in [0.4, 0.5) is 5.69 Å². The number of likely N-dealkylation sites (tertiary alicyclic amines) is 1. The zero-order valence-corrected chi connectivity index (χ0v) is 13.2. The molecule has 1 atom stereocenters. The molecular formula is C16H26N4O. The van der Waals surface area contributed by atoms with E-state index in [9.17, 15) is 4.79 Å². The first-order valence-electron chi connectivity index (χ1n) is 7.82. The van der Waals surface area contributed by atoms with E-state index in [4.69, 9.17) is 0 Å². The molecule has 0 bridgehead atoms. The van der Waals surface area contributed by atoms with Crippen molar-refractivity contribution in [2.45, 2.75) is 33.2 Å². The third kappa shape index (κ3) is 4.43. The van der Waals surface area contributed by atoms with Gasteiger partial charge >= 0.3 is 0 Å². The second-order valence-electron chi connectivity index (χ2n) is 5.91. The highest BCUT2D eigenvalue weighted by Gasteiger charge is 2.23. The van der Waals surface area contributed by atoms with Crippen molar-refractivity contribution in [2.24, 2.45) is 5.92 Å². The van der Waals surface area contributed by atoms with Gasteiger partial charge in [0.05, 0.1) is 0 Å². The summed E-state index contributed by atoms with van der Waals surface area (Å²) in [5.41, 5.74) is 1.44. The molecule has 2 heterocycles. The summed E-state index contributed by atoms with van der Waals surface area (Å²) in [6, 6.07) is 4.36. The van der Waals surface area contributed by atoms with Crippen LogP contribution in [0.1, 0.15) is 37.7 Å². The first-order chi connectivity index (χ1) is 10.1. The van der Waals surface area contributed by atoms with Crippen LogP contribution in [0, 0.1) is 5.92 Å². The van der Waals surface area contributed by atoms with E-state index < -0.39 is 0 Å². The van der Waals surface area contributed by atoms with Crippen molar-refractivity contribution in [3.63, 3.8) is 0 Å². The van der Waals surface area contributed by atoms with Gasteiger partial charge in [0.15, 0.2) is 0 Å². The van der Waals surface area contributed by atoms with Gasteiger partial charge in [-0.1, -0.05) is 0 Å². The van der Waals surface area contributed by atoms with E-state index in [0.29, 0.717) is 24.2 Å².